The lowest BCUT2D eigenvalue weighted by Gasteiger charge is -2.42. The number of piperazine rings is 1. The van der Waals surface area contributed by atoms with Gasteiger partial charge in [-0.3, -0.25) is 9.59 Å². The Balaban J connectivity index is 1.04. The summed E-state index contributed by atoms with van der Waals surface area (Å²) < 4.78 is 5.22. The lowest BCUT2D eigenvalue weighted by atomic mass is 9.78. The van der Waals surface area contributed by atoms with Crippen LogP contribution < -0.4 is 0 Å². The average molecular weight is 493 g/mol. The third-order valence-corrected chi connectivity index (χ3v) is 8.17. The van der Waals surface area contributed by atoms with Gasteiger partial charge in [-0.1, -0.05) is 17.7 Å². The van der Waals surface area contributed by atoms with Gasteiger partial charge in [-0.05, 0) is 68.7 Å². The Morgan fingerprint density at radius 2 is 1.17 bits per heavy atom. The van der Waals surface area contributed by atoms with Gasteiger partial charge >= 0.3 is 6.03 Å². The van der Waals surface area contributed by atoms with E-state index in [-0.39, 0.29) is 17.8 Å². The highest BCUT2D eigenvalue weighted by Crippen LogP contribution is 2.33. The maximum Gasteiger partial charge on any atom is 0.320 e. The van der Waals surface area contributed by atoms with Gasteiger partial charge in [-0.15, -0.1) is 0 Å². The maximum absolute atomic E-state index is 13.1. The molecule has 0 unspecified atom stereocenters. The molecule has 2 aromatic rings. The van der Waals surface area contributed by atoms with Gasteiger partial charge in [-0.25, -0.2) is 4.79 Å². The number of urea groups is 1. The predicted molar refractivity (Wildman–Crippen MR) is 136 cm³/mol. The molecule has 8 heteroatoms. The lowest BCUT2D eigenvalue weighted by molar-refractivity contribution is 0.0552. The maximum atomic E-state index is 13.1. The lowest BCUT2D eigenvalue weighted by Crippen LogP contribution is -2.55. The highest BCUT2D eigenvalue weighted by atomic mass is 16.3. The molecule has 1 aromatic heterocycles. The first-order chi connectivity index (χ1) is 17.5. The van der Waals surface area contributed by atoms with Gasteiger partial charge in [0.2, 0.25) is 0 Å². The van der Waals surface area contributed by atoms with Gasteiger partial charge in [0.25, 0.3) is 11.8 Å². The second kappa shape index (κ2) is 10.8. The first kappa shape index (κ1) is 24.4. The Morgan fingerprint density at radius 1 is 0.667 bits per heavy atom. The molecule has 0 bridgehead atoms. The monoisotopic (exact) mass is 492 g/mol. The number of likely N-dealkylation sites (tertiary alicyclic amines) is 2. The zero-order valence-electron chi connectivity index (χ0n) is 21.1. The van der Waals surface area contributed by atoms with Crippen molar-refractivity contribution >= 4 is 17.8 Å². The van der Waals surface area contributed by atoms with Crippen LogP contribution in [0, 0.1) is 18.8 Å². The number of benzene rings is 1. The second-order valence-corrected chi connectivity index (χ2v) is 10.4. The van der Waals surface area contributed by atoms with Gasteiger partial charge in [0.05, 0.1) is 6.26 Å². The molecule has 192 valence electrons. The topological polar surface area (TPSA) is 77.3 Å². The SMILES string of the molecule is Cc1ccc(C(=O)N2CCC(C3CCN(C(=O)N4CCN(C(=O)c5ccco5)CC4)CC3)CC2)cc1. The number of carbonyl (C=O) groups excluding carboxylic acids is 3. The van der Waals surface area contributed by atoms with Crippen LogP contribution in [0.15, 0.2) is 47.1 Å². The normalized spacial score (nSPS) is 20.0. The van der Waals surface area contributed by atoms with E-state index in [2.05, 4.69) is 0 Å². The van der Waals surface area contributed by atoms with E-state index < -0.39 is 0 Å². The standard InChI is InChI=1S/C28H36N4O4/c1-21-4-6-24(7-5-21)26(33)29-12-8-22(9-13-29)23-10-14-31(15-11-23)28(35)32-18-16-30(17-19-32)27(34)25-3-2-20-36-25/h2-7,20,22-23H,8-19H2,1H3. The summed E-state index contributed by atoms with van der Waals surface area (Å²) in [6, 6.07) is 11.3. The largest absolute Gasteiger partial charge is 0.459 e. The number of carbonyl (C=O) groups is 3. The molecule has 3 aliphatic heterocycles. The van der Waals surface area contributed by atoms with Crippen molar-refractivity contribution in [3.05, 3.63) is 59.5 Å². The quantitative estimate of drug-likeness (QED) is 0.654. The van der Waals surface area contributed by atoms with Gasteiger partial charge in [-0.2, -0.15) is 0 Å². The molecule has 0 saturated carbocycles. The number of hydrogen-bond acceptors (Lipinski definition) is 4. The summed E-state index contributed by atoms with van der Waals surface area (Å²) in [5.41, 5.74) is 1.94. The van der Waals surface area contributed by atoms with Crippen molar-refractivity contribution in [1.82, 2.24) is 19.6 Å². The van der Waals surface area contributed by atoms with Gasteiger partial charge in [0, 0.05) is 57.9 Å². The van der Waals surface area contributed by atoms with Crippen molar-refractivity contribution in [3.63, 3.8) is 0 Å². The molecule has 8 nitrogen and oxygen atoms in total. The first-order valence-electron chi connectivity index (χ1n) is 13.2. The molecule has 0 aliphatic carbocycles. The fourth-order valence-corrected chi connectivity index (χ4v) is 5.87. The van der Waals surface area contributed by atoms with Crippen LogP contribution in [0.3, 0.4) is 0 Å². The second-order valence-electron chi connectivity index (χ2n) is 10.4. The molecule has 36 heavy (non-hydrogen) atoms. The molecule has 3 aliphatic rings. The Bertz CT molecular complexity index is 1040. The average Bonchev–Trinajstić information content (AvgIpc) is 3.48. The molecule has 1 aromatic carbocycles. The third-order valence-electron chi connectivity index (χ3n) is 8.17. The van der Waals surface area contributed by atoms with E-state index in [4.69, 9.17) is 4.42 Å². The van der Waals surface area contributed by atoms with Gasteiger partial charge < -0.3 is 24.0 Å². The van der Waals surface area contributed by atoms with E-state index in [9.17, 15) is 14.4 Å². The highest BCUT2D eigenvalue weighted by Gasteiger charge is 2.34. The van der Waals surface area contributed by atoms with Crippen molar-refractivity contribution in [1.29, 1.82) is 0 Å². The first-order valence-corrected chi connectivity index (χ1v) is 13.2. The third kappa shape index (κ3) is 5.27. The fraction of sp³-hybridized carbons (Fsp3) is 0.536. The summed E-state index contributed by atoms with van der Waals surface area (Å²) in [4.78, 5) is 46.0. The van der Waals surface area contributed by atoms with E-state index in [0.717, 1.165) is 63.0 Å². The van der Waals surface area contributed by atoms with Crippen molar-refractivity contribution in [2.45, 2.75) is 32.6 Å². The van der Waals surface area contributed by atoms with Crippen molar-refractivity contribution < 1.29 is 18.8 Å². The summed E-state index contributed by atoms with van der Waals surface area (Å²) in [6.45, 7) is 7.41. The Labute approximate surface area is 212 Å². The molecule has 0 N–H and O–H groups in total. The van der Waals surface area contributed by atoms with Crippen LogP contribution in [-0.2, 0) is 0 Å². The number of hydrogen-bond donors (Lipinski definition) is 0. The zero-order chi connectivity index (χ0) is 25.1. The molecule has 0 spiro atoms. The van der Waals surface area contributed by atoms with Crippen LogP contribution in [0.1, 0.15) is 52.2 Å². The number of rotatable bonds is 3. The van der Waals surface area contributed by atoms with Gasteiger partial charge in [0.1, 0.15) is 0 Å². The fourth-order valence-electron chi connectivity index (χ4n) is 5.87. The molecule has 3 saturated heterocycles. The number of aryl methyl sites for hydroxylation is 1. The van der Waals surface area contributed by atoms with Crippen LogP contribution in [0.4, 0.5) is 4.79 Å². The van der Waals surface area contributed by atoms with E-state index in [1.54, 1.807) is 17.0 Å². The van der Waals surface area contributed by atoms with E-state index >= 15 is 0 Å². The predicted octanol–water partition coefficient (Wildman–Crippen LogP) is 3.73. The molecule has 0 radical (unpaired) electrons. The molecular weight excluding hydrogens is 456 g/mol. The summed E-state index contributed by atoms with van der Waals surface area (Å²) in [5.74, 6) is 1.62. The number of nitrogens with zero attached hydrogens (tertiary/aromatic N) is 4. The number of amides is 4. The minimum Gasteiger partial charge on any atom is -0.459 e. The van der Waals surface area contributed by atoms with Crippen LogP contribution >= 0.6 is 0 Å². The highest BCUT2D eigenvalue weighted by molar-refractivity contribution is 5.94. The number of furan rings is 1. The van der Waals surface area contributed by atoms with Crippen LogP contribution in [0.25, 0.3) is 0 Å². The molecule has 4 heterocycles. The Kier molecular flexibility index (Phi) is 7.30. The number of piperidine rings is 2. The van der Waals surface area contributed by atoms with E-state index in [0.29, 0.717) is 43.8 Å². The summed E-state index contributed by atoms with van der Waals surface area (Å²) in [5, 5.41) is 0. The van der Waals surface area contributed by atoms with Gasteiger partial charge in [0.15, 0.2) is 5.76 Å². The summed E-state index contributed by atoms with van der Waals surface area (Å²) >= 11 is 0. The Hall–Kier alpha value is -3.29. The van der Waals surface area contributed by atoms with Crippen LogP contribution in [-0.4, -0.2) is 89.8 Å². The molecule has 5 rings (SSSR count). The summed E-state index contributed by atoms with van der Waals surface area (Å²) in [7, 11) is 0. The molecule has 3 fully saturated rings. The minimum atomic E-state index is -0.112. The Morgan fingerprint density at radius 3 is 1.72 bits per heavy atom. The molecule has 4 amide bonds. The zero-order valence-corrected chi connectivity index (χ0v) is 21.1. The minimum absolute atomic E-state index is 0.0945. The molecule has 0 atom stereocenters. The molecular formula is C28H36N4O4. The van der Waals surface area contributed by atoms with Crippen molar-refractivity contribution in [2.24, 2.45) is 11.8 Å². The van der Waals surface area contributed by atoms with E-state index in [1.807, 2.05) is 45.9 Å². The van der Waals surface area contributed by atoms with Crippen LogP contribution in [0.2, 0.25) is 0 Å². The van der Waals surface area contributed by atoms with Crippen molar-refractivity contribution in [2.75, 3.05) is 52.4 Å². The van der Waals surface area contributed by atoms with Crippen molar-refractivity contribution in [3.8, 4) is 0 Å². The van der Waals surface area contributed by atoms with Crippen LogP contribution in [0.5, 0.6) is 0 Å². The smallest absolute Gasteiger partial charge is 0.320 e. The summed E-state index contributed by atoms with van der Waals surface area (Å²) in [6.07, 6.45) is 5.65. The van der Waals surface area contributed by atoms with E-state index in [1.165, 1.54) is 6.26 Å².